The molecule has 21 heavy (non-hydrogen) atoms. The van der Waals surface area contributed by atoms with Gasteiger partial charge in [-0.25, -0.2) is 0 Å². The standard InChI is InChI=1S/C20H32O/c21-20(15-7-1-2-8-15)19-11-5-10-17-16-9-4-3-6-14(16)12-13-18(17)19/h14-19H,1-13H2. The van der Waals surface area contributed by atoms with Gasteiger partial charge in [-0.1, -0.05) is 38.5 Å². The molecule has 0 aromatic carbocycles. The number of ketones is 1. The lowest BCUT2D eigenvalue weighted by molar-refractivity contribution is -0.133. The van der Waals surface area contributed by atoms with Crippen LogP contribution in [-0.2, 0) is 4.79 Å². The molecule has 0 aromatic heterocycles. The Morgan fingerprint density at radius 2 is 1.29 bits per heavy atom. The Kier molecular flexibility index (Phi) is 4.11. The molecule has 0 spiro atoms. The van der Waals surface area contributed by atoms with Crippen LogP contribution in [-0.4, -0.2) is 5.78 Å². The van der Waals surface area contributed by atoms with Gasteiger partial charge in [0, 0.05) is 11.8 Å². The minimum absolute atomic E-state index is 0.456. The number of hydrogen-bond donors (Lipinski definition) is 0. The van der Waals surface area contributed by atoms with Gasteiger partial charge in [-0.05, 0) is 68.6 Å². The largest absolute Gasteiger partial charge is 0.299 e. The van der Waals surface area contributed by atoms with Crippen molar-refractivity contribution in [1.82, 2.24) is 0 Å². The van der Waals surface area contributed by atoms with Crippen LogP contribution >= 0.6 is 0 Å². The lowest BCUT2D eigenvalue weighted by Crippen LogP contribution is -2.44. The van der Waals surface area contributed by atoms with E-state index in [2.05, 4.69) is 0 Å². The minimum atomic E-state index is 0.456. The molecule has 5 unspecified atom stereocenters. The van der Waals surface area contributed by atoms with Gasteiger partial charge in [-0.3, -0.25) is 4.79 Å². The van der Waals surface area contributed by atoms with E-state index in [9.17, 15) is 4.79 Å². The summed E-state index contributed by atoms with van der Waals surface area (Å²) in [5.41, 5.74) is 0. The fourth-order valence-electron chi connectivity index (χ4n) is 6.68. The molecule has 0 aromatic rings. The van der Waals surface area contributed by atoms with Gasteiger partial charge in [0.15, 0.2) is 0 Å². The van der Waals surface area contributed by atoms with E-state index in [4.69, 9.17) is 0 Å². The molecule has 0 heterocycles. The summed E-state index contributed by atoms with van der Waals surface area (Å²) in [7, 11) is 0. The van der Waals surface area contributed by atoms with Crippen LogP contribution in [0.3, 0.4) is 0 Å². The van der Waals surface area contributed by atoms with Crippen LogP contribution in [0, 0.1) is 35.5 Å². The van der Waals surface area contributed by atoms with Gasteiger partial charge in [-0.2, -0.15) is 0 Å². The Morgan fingerprint density at radius 3 is 2.14 bits per heavy atom. The Hall–Kier alpha value is -0.330. The third-order valence-electron chi connectivity index (χ3n) is 7.63. The topological polar surface area (TPSA) is 17.1 Å². The summed E-state index contributed by atoms with van der Waals surface area (Å²) in [6.07, 6.45) is 17.8. The highest BCUT2D eigenvalue weighted by Crippen LogP contribution is 2.53. The van der Waals surface area contributed by atoms with Crippen LogP contribution in [0.1, 0.15) is 83.5 Å². The van der Waals surface area contributed by atoms with Gasteiger partial charge in [0.05, 0.1) is 0 Å². The first-order valence-electron chi connectivity index (χ1n) is 9.88. The van der Waals surface area contributed by atoms with Crippen LogP contribution in [0.5, 0.6) is 0 Å². The molecule has 0 N–H and O–H groups in total. The summed E-state index contributed by atoms with van der Waals surface area (Å²) in [6, 6.07) is 0. The zero-order chi connectivity index (χ0) is 14.2. The van der Waals surface area contributed by atoms with E-state index in [-0.39, 0.29) is 0 Å². The maximum absolute atomic E-state index is 13.0. The zero-order valence-electron chi connectivity index (χ0n) is 13.6. The number of Topliss-reactive ketones (excluding diaryl/α,β-unsaturated/α-hetero) is 1. The third kappa shape index (κ3) is 2.59. The molecule has 4 saturated carbocycles. The Bertz CT molecular complexity index is 381. The summed E-state index contributed by atoms with van der Waals surface area (Å²) < 4.78 is 0. The summed E-state index contributed by atoms with van der Waals surface area (Å²) in [5, 5.41) is 0. The average Bonchev–Trinajstić information content (AvgIpc) is 3.08. The highest BCUT2D eigenvalue weighted by atomic mass is 16.1. The Labute approximate surface area is 130 Å². The molecule has 118 valence electrons. The van der Waals surface area contributed by atoms with E-state index in [0.717, 1.165) is 23.7 Å². The van der Waals surface area contributed by atoms with Crippen molar-refractivity contribution in [3.8, 4) is 0 Å². The molecule has 0 amide bonds. The van der Waals surface area contributed by atoms with Gasteiger partial charge in [-0.15, -0.1) is 0 Å². The van der Waals surface area contributed by atoms with Crippen molar-refractivity contribution in [2.24, 2.45) is 35.5 Å². The number of fused-ring (bicyclic) bond motifs is 3. The van der Waals surface area contributed by atoms with Crippen molar-refractivity contribution in [3.63, 3.8) is 0 Å². The summed E-state index contributed by atoms with van der Waals surface area (Å²) >= 11 is 0. The normalized spacial score (nSPS) is 44.1. The average molecular weight is 288 g/mol. The van der Waals surface area contributed by atoms with E-state index in [0.29, 0.717) is 17.6 Å². The van der Waals surface area contributed by atoms with Gasteiger partial charge in [0.25, 0.3) is 0 Å². The van der Waals surface area contributed by atoms with Gasteiger partial charge in [0.1, 0.15) is 5.78 Å². The van der Waals surface area contributed by atoms with E-state index in [1.54, 1.807) is 0 Å². The lowest BCUT2D eigenvalue weighted by atomic mass is 9.54. The molecule has 1 heteroatoms. The second-order valence-corrected chi connectivity index (χ2v) is 8.53. The molecule has 0 saturated heterocycles. The summed E-state index contributed by atoms with van der Waals surface area (Å²) in [6.45, 7) is 0. The summed E-state index contributed by atoms with van der Waals surface area (Å²) in [5.74, 6) is 5.36. The maximum Gasteiger partial charge on any atom is 0.139 e. The van der Waals surface area contributed by atoms with Crippen LogP contribution in [0.15, 0.2) is 0 Å². The number of carbonyl (C=O) groups is 1. The monoisotopic (exact) mass is 288 g/mol. The van der Waals surface area contributed by atoms with Crippen LogP contribution in [0.4, 0.5) is 0 Å². The van der Waals surface area contributed by atoms with Gasteiger partial charge in [0.2, 0.25) is 0 Å². The van der Waals surface area contributed by atoms with Crippen molar-refractivity contribution < 1.29 is 4.79 Å². The molecule has 4 fully saturated rings. The smallest absolute Gasteiger partial charge is 0.139 e. The molecular weight excluding hydrogens is 256 g/mol. The molecule has 4 rings (SSSR count). The Morgan fingerprint density at radius 1 is 0.571 bits per heavy atom. The molecular formula is C20H32O. The molecule has 0 bridgehead atoms. The van der Waals surface area contributed by atoms with E-state index in [1.807, 2.05) is 0 Å². The second kappa shape index (κ2) is 6.05. The molecule has 4 aliphatic carbocycles. The molecule has 0 radical (unpaired) electrons. The molecule has 4 aliphatic rings. The minimum Gasteiger partial charge on any atom is -0.299 e. The lowest BCUT2D eigenvalue weighted by Gasteiger charge is -2.50. The van der Waals surface area contributed by atoms with Gasteiger partial charge < -0.3 is 0 Å². The molecule has 0 aliphatic heterocycles. The number of rotatable bonds is 2. The van der Waals surface area contributed by atoms with Crippen LogP contribution < -0.4 is 0 Å². The first kappa shape index (κ1) is 14.3. The Balaban J connectivity index is 1.50. The second-order valence-electron chi connectivity index (χ2n) is 8.53. The fraction of sp³-hybridized carbons (Fsp3) is 0.950. The first-order chi connectivity index (χ1) is 10.3. The quantitative estimate of drug-likeness (QED) is 0.667. The number of hydrogen-bond acceptors (Lipinski definition) is 1. The summed E-state index contributed by atoms with van der Waals surface area (Å²) in [4.78, 5) is 13.0. The van der Waals surface area contributed by atoms with E-state index in [1.165, 1.54) is 83.5 Å². The highest BCUT2D eigenvalue weighted by Gasteiger charge is 2.47. The number of carbonyl (C=O) groups excluding carboxylic acids is 1. The van der Waals surface area contributed by atoms with Crippen LogP contribution in [0.25, 0.3) is 0 Å². The van der Waals surface area contributed by atoms with Crippen molar-refractivity contribution in [2.45, 2.75) is 83.5 Å². The predicted octanol–water partition coefficient (Wildman–Crippen LogP) is 5.38. The van der Waals surface area contributed by atoms with E-state index < -0.39 is 0 Å². The fourth-order valence-corrected chi connectivity index (χ4v) is 6.68. The highest BCUT2D eigenvalue weighted by molar-refractivity contribution is 5.84. The van der Waals surface area contributed by atoms with Crippen molar-refractivity contribution in [2.75, 3.05) is 0 Å². The van der Waals surface area contributed by atoms with Gasteiger partial charge >= 0.3 is 0 Å². The zero-order valence-corrected chi connectivity index (χ0v) is 13.6. The molecule has 1 nitrogen and oxygen atoms in total. The van der Waals surface area contributed by atoms with Crippen molar-refractivity contribution >= 4 is 5.78 Å². The first-order valence-corrected chi connectivity index (χ1v) is 9.88. The molecule has 5 atom stereocenters. The SMILES string of the molecule is O=C(C1CCCC1)C1CCCC2C3CCCCC3CCC12. The van der Waals surface area contributed by atoms with E-state index >= 15 is 0 Å². The van der Waals surface area contributed by atoms with Crippen molar-refractivity contribution in [3.05, 3.63) is 0 Å². The third-order valence-corrected chi connectivity index (χ3v) is 7.63. The van der Waals surface area contributed by atoms with Crippen molar-refractivity contribution in [1.29, 1.82) is 0 Å². The predicted molar refractivity (Wildman–Crippen MR) is 86.0 cm³/mol. The van der Waals surface area contributed by atoms with Crippen LogP contribution in [0.2, 0.25) is 0 Å². The maximum atomic E-state index is 13.0.